The van der Waals surface area contributed by atoms with Crippen LogP contribution in [0, 0.1) is 12.8 Å². The molecular formula is C20H15BrN4OS2. The molecule has 3 unspecified atom stereocenters. The summed E-state index contributed by atoms with van der Waals surface area (Å²) in [5, 5.41) is 7.74. The highest BCUT2D eigenvalue weighted by atomic mass is 79.9. The molecule has 0 bridgehead atoms. The van der Waals surface area contributed by atoms with E-state index >= 15 is 0 Å². The summed E-state index contributed by atoms with van der Waals surface area (Å²) >= 11 is 6.73. The minimum atomic E-state index is -0.174. The van der Waals surface area contributed by atoms with Crippen molar-refractivity contribution in [3.8, 4) is 0 Å². The molecule has 2 aromatic carbocycles. The maximum absolute atomic E-state index is 12.5. The Morgan fingerprint density at radius 2 is 1.93 bits per heavy atom. The Labute approximate surface area is 177 Å². The second-order valence-corrected chi connectivity index (χ2v) is 10.5. The third kappa shape index (κ3) is 2.58. The van der Waals surface area contributed by atoms with E-state index in [1.54, 1.807) is 11.3 Å². The standard InChI is InChI=1S/C20H15BrN4OS2/c1-8-22-13-4-5-14-18(17(13)27-8)28-20(23-14)25-19(26)24-16-12-6-9-2-3-10(21)7-11(9)15(12)16/h2-5,7,12,15-16H,6H2,1H3,(H2,23,24,25,26). The van der Waals surface area contributed by atoms with Crippen LogP contribution < -0.4 is 10.6 Å². The minimum Gasteiger partial charge on any atom is -0.334 e. The van der Waals surface area contributed by atoms with Crippen LogP contribution >= 0.6 is 38.6 Å². The predicted octanol–water partition coefficient (Wildman–Crippen LogP) is 5.44. The number of fused-ring (bicyclic) bond motifs is 6. The lowest BCUT2D eigenvalue weighted by Gasteiger charge is -2.10. The van der Waals surface area contributed by atoms with Crippen molar-refractivity contribution >= 4 is 70.2 Å². The van der Waals surface area contributed by atoms with Gasteiger partial charge < -0.3 is 5.32 Å². The van der Waals surface area contributed by atoms with Gasteiger partial charge in [-0.2, -0.15) is 0 Å². The van der Waals surface area contributed by atoms with Gasteiger partial charge in [-0.25, -0.2) is 14.8 Å². The summed E-state index contributed by atoms with van der Waals surface area (Å²) in [6.45, 7) is 2.01. The lowest BCUT2D eigenvalue weighted by Crippen LogP contribution is -2.32. The van der Waals surface area contributed by atoms with E-state index < -0.39 is 0 Å². The van der Waals surface area contributed by atoms with E-state index in [1.807, 2.05) is 19.1 Å². The maximum atomic E-state index is 12.5. The van der Waals surface area contributed by atoms with Crippen LogP contribution in [0.15, 0.2) is 34.8 Å². The number of benzene rings is 2. The number of carbonyl (C=O) groups is 1. The number of amides is 2. The van der Waals surface area contributed by atoms with Crippen molar-refractivity contribution in [2.75, 3.05) is 5.32 Å². The molecular weight excluding hydrogens is 456 g/mol. The number of carbonyl (C=O) groups excluding carboxylic acids is 1. The van der Waals surface area contributed by atoms with Crippen molar-refractivity contribution < 1.29 is 4.79 Å². The Bertz CT molecular complexity index is 1280. The number of hydrogen-bond donors (Lipinski definition) is 2. The number of hydrogen-bond acceptors (Lipinski definition) is 5. The van der Waals surface area contributed by atoms with Gasteiger partial charge in [0.25, 0.3) is 0 Å². The van der Waals surface area contributed by atoms with Crippen LogP contribution in [-0.2, 0) is 6.42 Å². The number of halogens is 1. The molecule has 2 N–H and O–H groups in total. The molecule has 0 radical (unpaired) electrons. The third-order valence-corrected chi connectivity index (χ3v) is 8.26. The molecule has 3 atom stereocenters. The summed E-state index contributed by atoms with van der Waals surface area (Å²) < 4.78 is 3.32. The quantitative estimate of drug-likeness (QED) is 0.409. The van der Waals surface area contributed by atoms with Gasteiger partial charge in [0.05, 0.1) is 25.4 Å². The zero-order chi connectivity index (χ0) is 19.0. The van der Waals surface area contributed by atoms with Crippen LogP contribution in [0.25, 0.3) is 20.4 Å². The first-order chi connectivity index (χ1) is 13.6. The molecule has 2 heterocycles. The van der Waals surface area contributed by atoms with Crippen molar-refractivity contribution in [3.63, 3.8) is 0 Å². The summed E-state index contributed by atoms with van der Waals surface area (Å²) in [5.74, 6) is 0.957. The highest BCUT2D eigenvalue weighted by molar-refractivity contribution is 9.10. The highest BCUT2D eigenvalue weighted by Crippen LogP contribution is 2.56. The molecule has 140 valence electrons. The van der Waals surface area contributed by atoms with E-state index in [0.29, 0.717) is 17.0 Å². The Morgan fingerprint density at radius 1 is 1.14 bits per heavy atom. The molecule has 4 aromatic rings. The van der Waals surface area contributed by atoms with Gasteiger partial charge in [-0.15, -0.1) is 11.3 Å². The molecule has 0 spiro atoms. The number of nitrogens with one attached hydrogen (secondary N) is 2. The molecule has 2 aliphatic rings. The lowest BCUT2D eigenvalue weighted by molar-refractivity contribution is 0.251. The van der Waals surface area contributed by atoms with Crippen LogP contribution in [0.3, 0.4) is 0 Å². The summed E-state index contributed by atoms with van der Waals surface area (Å²) in [6.07, 6.45) is 1.04. The molecule has 8 heteroatoms. The maximum Gasteiger partial charge on any atom is 0.321 e. The first-order valence-corrected chi connectivity index (χ1v) is 11.5. The first kappa shape index (κ1) is 16.9. The minimum absolute atomic E-state index is 0.174. The monoisotopic (exact) mass is 470 g/mol. The average Bonchev–Trinajstić information content (AvgIpc) is 3.01. The zero-order valence-corrected chi connectivity index (χ0v) is 18.0. The van der Waals surface area contributed by atoms with E-state index in [1.165, 1.54) is 22.5 Å². The van der Waals surface area contributed by atoms with Crippen molar-refractivity contribution in [1.82, 2.24) is 15.3 Å². The first-order valence-electron chi connectivity index (χ1n) is 9.09. The van der Waals surface area contributed by atoms with Gasteiger partial charge in [-0.05, 0) is 54.7 Å². The summed E-state index contributed by atoms with van der Waals surface area (Å²) in [4.78, 5) is 21.7. The van der Waals surface area contributed by atoms with Gasteiger partial charge in [0.2, 0.25) is 0 Å². The normalized spacial score (nSPS) is 22.3. The Hall–Kier alpha value is -2.03. The van der Waals surface area contributed by atoms with E-state index in [9.17, 15) is 4.79 Å². The van der Waals surface area contributed by atoms with Gasteiger partial charge in [0.15, 0.2) is 5.13 Å². The van der Waals surface area contributed by atoms with Gasteiger partial charge in [-0.1, -0.05) is 33.3 Å². The van der Waals surface area contributed by atoms with Crippen LogP contribution in [-0.4, -0.2) is 22.0 Å². The number of rotatable bonds is 2. The van der Waals surface area contributed by atoms with Crippen molar-refractivity contribution in [1.29, 1.82) is 0 Å². The van der Waals surface area contributed by atoms with Crippen LogP contribution in [0.1, 0.15) is 22.1 Å². The molecule has 1 saturated carbocycles. The SMILES string of the molecule is Cc1nc2ccc3nc(NC(=O)NC4C5Cc6ccc(Br)cc6C54)sc3c2s1. The summed E-state index contributed by atoms with van der Waals surface area (Å²) in [5.41, 5.74) is 4.67. The highest BCUT2D eigenvalue weighted by Gasteiger charge is 2.56. The van der Waals surface area contributed by atoms with Crippen LogP contribution in [0.5, 0.6) is 0 Å². The van der Waals surface area contributed by atoms with E-state index in [-0.39, 0.29) is 12.1 Å². The van der Waals surface area contributed by atoms with E-state index in [0.717, 1.165) is 36.3 Å². The lowest BCUT2D eigenvalue weighted by atomic mass is 10.1. The van der Waals surface area contributed by atoms with Gasteiger partial charge in [0.1, 0.15) is 0 Å². The molecule has 0 aliphatic heterocycles. The topological polar surface area (TPSA) is 66.9 Å². The van der Waals surface area contributed by atoms with Crippen LogP contribution in [0.4, 0.5) is 9.93 Å². The fourth-order valence-electron chi connectivity index (χ4n) is 4.39. The predicted molar refractivity (Wildman–Crippen MR) is 118 cm³/mol. The second-order valence-electron chi connectivity index (χ2n) is 7.38. The molecule has 2 aromatic heterocycles. The average molecular weight is 471 g/mol. The van der Waals surface area contributed by atoms with Gasteiger partial charge in [-0.3, -0.25) is 5.32 Å². The number of thiazole rings is 2. The summed E-state index contributed by atoms with van der Waals surface area (Å²) in [7, 11) is 0. The van der Waals surface area contributed by atoms with Crippen LogP contribution in [0.2, 0.25) is 0 Å². The van der Waals surface area contributed by atoms with Gasteiger partial charge in [0, 0.05) is 16.4 Å². The third-order valence-electron chi connectivity index (χ3n) is 5.63. The Balaban J connectivity index is 1.20. The van der Waals surface area contributed by atoms with Gasteiger partial charge >= 0.3 is 6.03 Å². The number of urea groups is 1. The zero-order valence-electron chi connectivity index (χ0n) is 14.8. The van der Waals surface area contributed by atoms with Crippen molar-refractivity contribution in [2.24, 2.45) is 5.92 Å². The Kier molecular flexibility index (Phi) is 3.61. The Morgan fingerprint density at radius 3 is 2.79 bits per heavy atom. The number of anilines is 1. The molecule has 6 rings (SSSR count). The molecule has 1 fully saturated rings. The van der Waals surface area contributed by atoms with E-state index in [4.69, 9.17) is 0 Å². The molecule has 2 amide bonds. The van der Waals surface area contributed by atoms with Crippen molar-refractivity contribution in [3.05, 3.63) is 50.9 Å². The van der Waals surface area contributed by atoms with Crippen molar-refractivity contribution in [2.45, 2.75) is 25.3 Å². The summed E-state index contributed by atoms with van der Waals surface area (Å²) in [6, 6.07) is 10.5. The number of aryl methyl sites for hydroxylation is 1. The largest absolute Gasteiger partial charge is 0.334 e. The molecule has 2 aliphatic carbocycles. The second kappa shape index (κ2) is 5.98. The molecule has 0 saturated heterocycles. The fraction of sp³-hybridized carbons (Fsp3) is 0.250. The number of nitrogens with zero attached hydrogens (tertiary/aromatic N) is 2. The molecule has 5 nitrogen and oxygen atoms in total. The fourth-order valence-corrected chi connectivity index (χ4v) is 6.77. The molecule has 28 heavy (non-hydrogen) atoms. The van der Waals surface area contributed by atoms with E-state index in [2.05, 4.69) is 54.7 Å². The smallest absolute Gasteiger partial charge is 0.321 e. The number of aromatic nitrogens is 2.